The van der Waals surface area contributed by atoms with E-state index in [1.807, 2.05) is 0 Å². The quantitative estimate of drug-likeness (QED) is 0.824. The Kier molecular flexibility index (Phi) is 3.17. The minimum Gasteiger partial charge on any atom is -0.326 e. The Morgan fingerprint density at radius 3 is 2.43 bits per heavy atom. The number of amides is 1. The summed E-state index contributed by atoms with van der Waals surface area (Å²) in [4.78, 5) is 11.3. The number of alkyl halides is 3. The first kappa shape index (κ1) is 13.9. The fourth-order valence-electron chi connectivity index (χ4n) is 2.33. The van der Waals surface area contributed by atoms with Gasteiger partial charge in [0.1, 0.15) is 0 Å². The van der Waals surface area contributed by atoms with E-state index in [0.717, 1.165) is 11.6 Å². The Hall–Kier alpha value is -2.01. The first-order valence-electron chi connectivity index (χ1n) is 6.14. The van der Waals surface area contributed by atoms with Crippen molar-refractivity contribution in [3.8, 4) is 11.1 Å². The molecule has 2 nitrogen and oxygen atoms in total. The van der Waals surface area contributed by atoms with Gasteiger partial charge >= 0.3 is 6.18 Å². The summed E-state index contributed by atoms with van der Waals surface area (Å²) in [5.41, 5.74) is 1.65. The molecule has 0 saturated heterocycles. The number of hydrogen-bond acceptors (Lipinski definition) is 1. The normalized spacial score (nSPS) is 14.0. The van der Waals surface area contributed by atoms with Crippen molar-refractivity contribution in [3.05, 3.63) is 52.5 Å². The second-order valence-electron chi connectivity index (χ2n) is 4.79. The van der Waals surface area contributed by atoms with Gasteiger partial charge < -0.3 is 5.32 Å². The molecule has 0 aliphatic carbocycles. The third-order valence-electron chi connectivity index (χ3n) is 3.34. The highest BCUT2D eigenvalue weighted by molar-refractivity contribution is 6.31. The standard InChI is InChI=1S/C15H9ClF3NO/c16-12-3-1-9(6-11(12)15(17,18)19)8-2-4-13-10(5-8)7-14(21)20-13/h1-6H,7H2,(H,20,21). The van der Waals surface area contributed by atoms with Crippen LogP contribution in [0.4, 0.5) is 18.9 Å². The van der Waals surface area contributed by atoms with Crippen LogP contribution in [0.5, 0.6) is 0 Å². The Morgan fingerprint density at radius 1 is 1.05 bits per heavy atom. The molecule has 1 amide bonds. The zero-order valence-corrected chi connectivity index (χ0v) is 11.3. The summed E-state index contributed by atoms with van der Waals surface area (Å²) in [5.74, 6) is -0.116. The smallest absolute Gasteiger partial charge is 0.326 e. The van der Waals surface area contributed by atoms with Gasteiger partial charge in [-0.3, -0.25) is 4.79 Å². The van der Waals surface area contributed by atoms with Gasteiger partial charge in [0, 0.05) is 5.69 Å². The highest BCUT2D eigenvalue weighted by Gasteiger charge is 2.33. The number of rotatable bonds is 1. The molecule has 1 aliphatic rings. The summed E-state index contributed by atoms with van der Waals surface area (Å²) < 4.78 is 38.6. The van der Waals surface area contributed by atoms with Crippen LogP contribution < -0.4 is 5.32 Å². The highest BCUT2D eigenvalue weighted by atomic mass is 35.5. The van der Waals surface area contributed by atoms with E-state index in [-0.39, 0.29) is 17.4 Å². The predicted molar refractivity (Wildman–Crippen MR) is 74.2 cm³/mol. The predicted octanol–water partition coefficient (Wildman–Crippen LogP) is 4.52. The summed E-state index contributed by atoms with van der Waals surface area (Å²) in [6.07, 6.45) is -4.26. The number of anilines is 1. The van der Waals surface area contributed by atoms with E-state index in [1.54, 1.807) is 18.2 Å². The molecular weight excluding hydrogens is 303 g/mol. The lowest BCUT2D eigenvalue weighted by molar-refractivity contribution is -0.137. The van der Waals surface area contributed by atoms with Gasteiger partial charge in [-0.25, -0.2) is 0 Å². The van der Waals surface area contributed by atoms with E-state index >= 15 is 0 Å². The van der Waals surface area contributed by atoms with Crippen LogP contribution in [0.3, 0.4) is 0 Å². The van der Waals surface area contributed by atoms with Crippen molar-refractivity contribution < 1.29 is 18.0 Å². The summed E-state index contributed by atoms with van der Waals surface area (Å²) in [6.45, 7) is 0. The van der Waals surface area contributed by atoms with Crippen molar-refractivity contribution in [1.29, 1.82) is 0 Å². The van der Waals surface area contributed by atoms with Crippen LogP contribution in [0.1, 0.15) is 11.1 Å². The first-order chi connectivity index (χ1) is 9.84. The number of carbonyl (C=O) groups is 1. The minimum atomic E-state index is -4.50. The van der Waals surface area contributed by atoms with Crippen LogP contribution >= 0.6 is 11.6 Å². The Bertz CT molecular complexity index is 740. The van der Waals surface area contributed by atoms with Crippen LogP contribution in [0.2, 0.25) is 5.02 Å². The van der Waals surface area contributed by atoms with Crippen LogP contribution in [0.25, 0.3) is 11.1 Å². The number of fused-ring (bicyclic) bond motifs is 1. The van der Waals surface area contributed by atoms with E-state index in [0.29, 0.717) is 16.8 Å². The maximum atomic E-state index is 12.9. The lowest BCUT2D eigenvalue weighted by Gasteiger charge is -2.11. The van der Waals surface area contributed by atoms with Crippen LogP contribution in [-0.4, -0.2) is 5.91 Å². The lowest BCUT2D eigenvalue weighted by atomic mass is 10.00. The first-order valence-corrected chi connectivity index (χ1v) is 6.52. The average molecular weight is 312 g/mol. The summed E-state index contributed by atoms with van der Waals surface area (Å²) >= 11 is 5.61. The van der Waals surface area contributed by atoms with Gasteiger partial charge in [-0.05, 0) is 41.0 Å². The molecule has 2 aromatic carbocycles. The van der Waals surface area contributed by atoms with Crippen molar-refractivity contribution in [1.82, 2.24) is 0 Å². The molecule has 0 unspecified atom stereocenters. The summed E-state index contributed by atoms with van der Waals surface area (Å²) in [5, 5.41) is 2.35. The monoisotopic (exact) mass is 311 g/mol. The zero-order chi connectivity index (χ0) is 15.2. The molecule has 0 aromatic heterocycles. The van der Waals surface area contributed by atoms with Gasteiger partial charge in [-0.2, -0.15) is 13.2 Å². The third-order valence-corrected chi connectivity index (χ3v) is 3.67. The van der Waals surface area contributed by atoms with Crippen molar-refractivity contribution >= 4 is 23.2 Å². The molecule has 21 heavy (non-hydrogen) atoms. The van der Waals surface area contributed by atoms with Gasteiger partial charge in [0.2, 0.25) is 5.91 Å². The van der Waals surface area contributed by atoms with Gasteiger partial charge in [0.15, 0.2) is 0 Å². The van der Waals surface area contributed by atoms with E-state index < -0.39 is 11.7 Å². The Balaban J connectivity index is 2.06. The zero-order valence-electron chi connectivity index (χ0n) is 10.6. The summed E-state index contributed by atoms with van der Waals surface area (Å²) in [7, 11) is 0. The number of carbonyl (C=O) groups excluding carboxylic acids is 1. The fraction of sp³-hybridized carbons (Fsp3) is 0.133. The van der Waals surface area contributed by atoms with Crippen LogP contribution in [0.15, 0.2) is 36.4 Å². The molecular formula is C15H9ClF3NO. The van der Waals surface area contributed by atoms with Crippen molar-refractivity contribution in [2.45, 2.75) is 12.6 Å². The average Bonchev–Trinajstić information content (AvgIpc) is 2.77. The molecule has 0 saturated carbocycles. The van der Waals surface area contributed by atoms with Crippen LogP contribution in [-0.2, 0) is 17.4 Å². The Labute approximate surface area is 123 Å². The third kappa shape index (κ3) is 2.61. The van der Waals surface area contributed by atoms with Gasteiger partial charge in [-0.15, -0.1) is 0 Å². The van der Waals surface area contributed by atoms with Crippen LogP contribution in [0, 0.1) is 0 Å². The van der Waals surface area contributed by atoms with E-state index in [2.05, 4.69) is 5.32 Å². The minimum absolute atomic E-state index is 0.116. The number of nitrogens with one attached hydrogen (secondary N) is 1. The van der Waals surface area contributed by atoms with Gasteiger partial charge in [-0.1, -0.05) is 23.7 Å². The maximum absolute atomic E-state index is 12.9. The van der Waals surface area contributed by atoms with E-state index in [4.69, 9.17) is 11.6 Å². The molecule has 0 radical (unpaired) electrons. The van der Waals surface area contributed by atoms with Gasteiger partial charge in [0.25, 0.3) is 0 Å². The molecule has 1 N–H and O–H groups in total. The number of halogens is 4. The number of hydrogen-bond donors (Lipinski definition) is 1. The SMILES string of the molecule is O=C1Cc2cc(-c3ccc(Cl)c(C(F)(F)F)c3)ccc2N1. The van der Waals surface area contributed by atoms with Crippen molar-refractivity contribution in [2.75, 3.05) is 5.32 Å². The molecule has 6 heteroatoms. The van der Waals surface area contributed by atoms with E-state index in [1.165, 1.54) is 12.1 Å². The lowest BCUT2D eigenvalue weighted by Crippen LogP contribution is -2.05. The molecule has 108 valence electrons. The molecule has 1 heterocycles. The van der Waals surface area contributed by atoms with Gasteiger partial charge in [0.05, 0.1) is 17.0 Å². The van der Waals surface area contributed by atoms with Crippen molar-refractivity contribution in [3.63, 3.8) is 0 Å². The maximum Gasteiger partial charge on any atom is 0.417 e. The largest absolute Gasteiger partial charge is 0.417 e. The topological polar surface area (TPSA) is 29.1 Å². The molecule has 3 rings (SSSR count). The molecule has 0 atom stereocenters. The Morgan fingerprint density at radius 2 is 1.71 bits per heavy atom. The fourth-order valence-corrected chi connectivity index (χ4v) is 2.56. The molecule has 2 aromatic rings. The molecule has 1 aliphatic heterocycles. The van der Waals surface area contributed by atoms with Crippen molar-refractivity contribution in [2.24, 2.45) is 0 Å². The molecule has 0 spiro atoms. The number of benzene rings is 2. The molecule has 0 fully saturated rings. The second kappa shape index (κ2) is 4.77. The van der Waals surface area contributed by atoms with E-state index in [9.17, 15) is 18.0 Å². The molecule has 0 bridgehead atoms. The summed E-state index contributed by atoms with van der Waals surface area (Å²) in [6, 6.07) is 8.87. The second-order valence-corrected chi connectivity index (χ2v) is 5.20. The highest BCUT2D eigenvalue weighted by Crippen LogP contribution is 2.38.